The van der Waals surface area contributed by atoms with Gasteiger partial charge < -0.3 is 9.84 Å². The van der Waals surface area contributed by atoms with Crippen LogP contribution in [0.4, 0.5) is 0 Å². The van der Waals surface area contributed by atoms with E-state index < -0.39 is 29.5 Å². The van der Waals surface area contributed by atoms with Crippen LogP contribution in [-0.4, -0.2) is 28.2 Å². The lowest BCUT2D eigenvalue weighted by Gasteiger charge is -2.57. The molecule has 0 aliphatic heterocycles. The maximum absolute atomic E-state index is 10.5. The monoisotopic (exact) mass is 464 g/mol. The van der Waals surface area contributed by atoms with Crippen LogP contribution in [-0.2, 0) is 0 Å². The molecule has 1 fully saturated rings. The molecule has 1 aromatic carbocycles. The van der Waals surface area contributed by atoms with Crippen molar-refractivity contribution in [2.24, 2.45) is 0 Å². The number of ether oxygens (including phenoxy) is 1. The molecule has 2 atom stereocenters. The highest BCUT2D eigenvalue weighted by Crippen LogP contribution is 2.69. The van der Waals surface area contributed by atoms with E-state index in [2.05, 4.69) is 0 Å². The zero-order valence-electron chi connectivity index (χ0n) is 10.5. The average Bonchev–Trinajstić information content (AvgIpc) is 2.36. The van der Waals surface area contributed by atoms with Crippen molar-refractivity contribution in [3.63, 3.8) is 0 Å². The maximum atomic E-state index is 10.5. The summed E-state index contributed by atoms with van der Waals surface area (Å²) in [6.07, 6.45) is -0.560. The van der Waals surface area contributed by atoms with Crippen LogP contribution in [0.15, 0.2) is 30.3 Å². The van der Waals surface area contributed by atoms with Crippen LogP contribution in [0.3, 0.4) is 0 Å². The SMILES string of the molecule is OC1(Cl)CC(Cl)(Cl)C(Cl)(Cl)C(Cl)(Cl)C1(Cl)Oc1ccccc1. The van der Waals surface area contributed by atoms with Crippen LogP contribution in [0.5, 0.6) is 5.75 Å². The first-order chi connectivity index (χ1) is 9.79. The van der Waals surface area contributed by atoms with Crippen molar-refractivity contribution >= 4 is 92.8 Å². The highest BCUT2D eigenvalue weighted by molar-refractivity contribution is 6.72. The molecule has 0 radical (unpaired) electrons. The molecule has 1 aliphatic carbocycles. The van der Waals surface area contributed by atoms with Crippen LogP contribution < -0.4 is 4.74 Å². The van der Waals surface area contributed by atoms with E-state index in [0.717, 1.165) is 0 Å². The molecule has 10 heteroatoms. The molecule has 1 aliphatic rings. The summed E-state index contributed by atoms with van der Waals surface area (Å²) in [5.74, 6) is 0.225. The van der Waals surface area contributed by atoms with Gasteiger partial charge in [-0.1, -0.05) is 111 Å². The highest BCUT2D eigenvalue weighted by Gasteiger charge is 2.81. The molecular weight excluding hydrogens is 460 g/mol. The molecule has 0 spiro atoms. The third-order valence-corrected chi connectivity index (χ3v) is 8.49. The van der Waals surface area contributed by atoms with Gasteiger partial charge in [-0.15, -0.1) is 0 Å². The number of aliphatic hydroxyl groups is 1. The minimum atomic E-state index is -2.38. The number of benzene rings is 1. The second-order valence-electron chi connectivity index (χ2n) is 4.80. The highest BCUT2D eigenvalue weighted by atomic mass is 35.5. The second-order valence-corrected chi connectivity index (χ2v) is 10.1. The molecule has 2 nitrogen and oxygen atoms in total. The van der Waals surface area contributed by atoms with Crippen LogP contribution >= 0.6 is 92.8 Å². The first-order valence-corrected chi connectivity index (χ1v) is 8.79. The normalized spacial score (nSPS) is 35.9. The van der Waals surface area contributed by atoms with Gasteiger partial charge in [-0.2, -0.15) is 0 Å². The molecule has 0 heterocycles. The standard InChI is InChI=1S/C12H8Cl8O2/c13-8(14)6-9(15,21)12(20,11(18,19)10(8,16)17)22-7-4-2-1-3-5-7/h1-5,21H,6H2. The quantitative estimate of drug-likeness (QED) is 0.553. The van der Waals surface area contributed by atoms with Crippen molar-refractivity contribution in [1.82, 2.24) is 0 Å². The summed E-state index contributed by atoms with van der Waals surface area (Å²) < 4.78 is -1.04. The van der Waals surface area contributed by atoms with Crippen LogP contribution in [0.25, 0.3) is 0 Å². The fourth-order valence-electron chi connectivity index (χ4n) is 1.98. The van der Waals surface area contributed by atoms with Gasteiger partial charge in [0.05, 0.1) is 0 Å². The average molecular weight is 468 g/mol. The Labute approximate surface area is 167 Å². The summed E-state index contributed by atoms with van der Waals surface area (Å²) in [6.45, 7) is 0. The third-order valence-electron chi connectivity index (χ3n) is 3.21. The van der Waals surface area contributed by atoms with E-state index in [0.29, 0.717) is 0 Å². The van der Waals surface area contributed by atoms with Crippen LogP contribution in [0.2, 0.25) is 0 Å². The predicted octanol–water partition coefficient (Wildman–Crippen LogP) is 5.85. The Balaban J connectivity index is 2.56. The number of rotatable bonds is 2. The van der Waals surface area contributed by atoms with E-state index in [1.807, 2.05) is 0 Å². The van der Waals surface area contributed by atoms with Gasteiger partial charge in [0.2, 0.25) is 4.33 Å². The minimum Gasteiger partial charge on any atom is -0.464 e. The summed E-state index contributed by atoms with van der Waals surface area (Å²) >= 11 is 49.2. The van der Waals surface area contributed by atoms with E-state index in [1.54, 1.807) is 30.3 Å². The molecule has 2 rings (SSSR count). The van der Waals surface area contributed by atoms with Gasteiger partial charge in [0.25, 0.3) is 5.06 Å². The van der Waals surface area contributed by atoms with Gasteiger partial charge >= 0.3 is 0 Å². The summed E-state index contributed by atoms with van der Waals surface area (Å²) in [5.41, 5.74) is 0. The fourth-order valence-corrected chi connectivity index (χ4v) is 4.97. The van der Waals surface area contributed by atoms with Crippen molar-refractivity contribution in [3.05, 3.63) is 30.3 Å². The van der Waals surface area contributed by atoms with Crippen molar-refractivity contribution < 1.29 is 9.84 Å². The first-order valence-electron chi connectivity index (χ1n) is 5.76. The molecule has 1 aromatic rings. The van der Waals surface area contributed by atoms with Crippen LogP contribution in [0.1, 0.15) is 6.42 Å². The maximum Gasteiger partial charge on any atom is 0.260 e. The molecular formula is C12H8Cl8O2. The van der Waals surface area contributed by atoms with Crippen molar-refractivity contribution in [1.29, 1.82) is 0 Å². The predicted molar refractivity (Wildman–Crippen MR) is 94.4 cm³/mol. The topological polar surface area (TPSA) is 29.5 Å². The van der Waals surface area contributed by atoms with Crippen LogP contribution in [0, 0.1) is 0 Å². The Kier molecular flexibility index (Phi) is 5.29. The zero-order valence-corrected chi connectivity index (χ0v) is 16.5. The third kappa shape index (κ3) is 2.77. The first kappa shape index (κ1) is 19.6. The van der Waals surface area contributed by atoms with Gasteiger partial charge in [0, 0.05) is 6.42 Å². The van der Waals surface area contributed by atoms with Gasteiger partial charge in [-0.05, 0) is 12.1 Å². The zero-order chi connectivity index (χ0) is 17.0. The molecule has 0 amide bonds. The second kappa shape index (κ2) is 5.93. The number of hydrogen-bond donors (Lipinski definition) is 1. The number of halogens is 8. The smallest absolute Gasteiger partial charge is 0.260 e. The van der Waals surface area contributed by atoms with Gasteiger partial charge in [-0.3, -0.25) is 0 Å². The fraction of sp³-hybridized carbons (Fsp3) is 0.500. The minimum absolute atomic E-state index is 0.225. The molecule has 0 bridgehead atoms. The molecule has 1 N–H and O–H groups in total. The summed E-state index contributed by atoms with van der Waals surface area (Å²) in [5, 5.41) is 5.80. The van der Waals surface area contributed by atoms with Crippen molar-refractivity contribution in [2.45, 2.75) is 29.5 Å². The Morgan fingerprint density at radius 3 is 1.82 bits per heavy atom. The van der Waals surface area contributed by atoms with Crippen molar-refractivity contribution in [2.75, 3.05) is 0 Å². The van der Waals surface area contributed by atoms with E-state index in [-0.39, 0.29) is 5.75 Å². The Morgan fingerprint density at radius 1 is 0.818 bits per heavy atom. The Morgan fingerprint density at radius 2 is 1.32 bits per heavy atom. The lowest BCUT2D eigenvalue weighted by molar-refractivity contribution is -0.0652. The lowest BCUT2D eigenvalue weighted by Crippen LogP contribution is -2.75. The number of alkyl halides is 8. The summed E-state index contributed by atoms with van der Waals surface area (Å²) in [4.78, 5) is 0. The van der Waals surface area contributed by atoms with Crippen molar-refractivity contribution in [3.8, 4) is 5.75 Å². The van der Waals surface area contributed by atoms with E-state index >= 15 is 0 Å². The molecule has 124 valence electrons. The van der Waals surface area contributed by atoms with Gasteiger partial charge in [0.1, 0.15) is 5.75 Å². The van der Waals surface area contributed by atoms with E-state index in [4.69, 9.17) is 97.5 Å². The van der Waals surface area contributed by atoms with Gasteiger partial charge in [-0.25, -0.2) is 0 Å². The lowest BCUT2D eigenvalue weighted by atomic mass is 9.90. The largest absolute Gasteiger partial charge is 0.464 e. The summed E-state index contributed by atoms with van der Waals surface area (Å²) in [6, 6.07) is 8.17. The molecule has 1 saturated carbocycles. The summed E-state index contributed by atoms with van der Waals surface area (Å²) in [7, 11) is 0. The Bertz CT molecular complexity index is 560. The van der Waals surface area contributed by atoms with E-state index in [9.17, 15) is 5.11 Å². The molecule has 0 saturated heterocycles. The Hall–Kier alpha value is 1.30. The molecule has 0 aromatic heterocycles. The van der Waals surface area contributed by atoms with Gasteiger partial charge in [0.15, 0.2) is 13.7 Å². The van der Waals surface area contributed by atoms with E-state index in [1.165, 1.54) is 0 Å². The number of hydrogen-bond acceptors (Lipinski definition) is 2. The molecule has 2 unspecified atom stereocenters. The molecule has 22 heavy (non-hydrogen) atoms. The number of para-hydroxylation sites is 1.